The summed E-state index contributed by atoms with van der Waals surface area (Å²) in [4.78, 5) is 11.4. The summed E-state index contributed by atoms with van der Waals surface area (Å²) in [5.74, 6) is -0.637. The van der Waals surface area contributed by atoms with Crippen molar-refractivity contribution in [1.82, 2.24) is 0 Å². The van der Waals surface area contributed by atoms with Crippen molar-refractivity contribution >= 4 is 33.5 Å². The van der Waals surface area contributed by atoms with Crippen LogP contribution in [0.3, 0.4) is 0 Å². The molecule has 0 heterocycles. The van der Waals surface area contributed by atoms with Crippen LogP contribution >= 0.6 is 27.5 Å². The van der Waals surface area contributed by atoms with Crippen LogP contribution in [-0.4, -0.2) is 23.7 Å². The molecule has 0 bridgehead atoms. The Hall–Kier alpha value is -0.620. The highest BCUT2D eigenvalue weighted by molar-refractivity contribution is 9.10. The Morgan fingerprint density at radius 1 is 1.65 bits per heavy atom. The number of aliphatic hydroxyl groups excluding tert-OH is 1. The van der Waals surface area contributed by atoms with Crippen molar-refractivity contribution in [1.29, 1.82) is 0 Å². The molecule has 6 heteroatoms. The molecule has 2 unspecified atom stereocenters. The van der Waals surface area contributed by atoms with Crippen molar-refractivity contribution in [2.24, 2.45) is 5.73 Å². The molecule has 0 radical (unpaired) electrons. The highest BCUT2D eigenvalue weighted by atomic mass is 79.9. The van der Waals surface area contributed by atoms with E-state index in [1.807, 2.05) is 0 Å². The zero-order chi connectivity index (χ0) is 13.0. The van der Waals surface area contributed by atoms with Gasteiger partial charge in [0, 0.05) is 9.50 Å². The van der Waals surface area contributed by atoms with Crippen LogP contribution in [0.5, 0.6) is 0 Å². The normalized spacial score (nSPS) is 14.2. The number of hydrogen-bond donors (Lipinski definition) is 2. The summed E-state index contributed by atoms with van der Waals surface area (Å²) < 4.78 is 5.34. The lowest BCUT2D eigenvalue weighted by Crippen LogP contribution is -2.38. The third-order valence-corrected chi connectivity index (χ3v) is 3.10. The summed E-state index contributed by atoms with van der Waals surface area (Å²) >= 11 is 9.03. The number of rotatable bonds is 4. The minimum atomic E-state index is -1.14. The summed E-state index contributed by atoms with van der Waals surface area (Å²) in [6.07, 6.45) is -1.14. The number of aliphatic hydroxyl groups is 1. The van der Waals surface area contributed by atoms with Gasteiger partial charge in [-0.2, -0.15) is 0 Å². The van der Waals surface area contributed by atoms with E-state index in [9.17, 15) is 9.90 Å². The third-order valence-electron chi connectivity index (χ3n) is 2.18. The van der Waals surface area contributed by atoms with Crippen molar-refractivity contribution in [2.75, 3.05) is 6.61 Å². The molecule has 0 fully saturated rings. The second-order valence-corrected chi connectivity index (χ2v) is 4.68. The van der Waals surface area contributed by atoms with Gasteiger partial charge in [-0.3, -0.25) is 4.79 Å². The molecular weight excluding hydrogens is 309 g/mol. The van der Waals surface area contributed by atoms with E-state index in [2.05, 4.69) is 15.9 Å². The first-order chi connectivity index (χ1) is 7.97. The zero-order valence-corrected chi connectivity index (χ0v) is 11.5. The maximum atomic E-state index is 11.4. The average molecular weight is 323 g/mol. The van der Waals surface area contributed by atoms with E-state index in [4.69, 9.17) is 22.1 Å². The van der Waals surface area contributed by atoms with E-state index >= 15 is 0 Å². The van der Waals surface area contributed by atoms with Gasteiger partial charge in [-0.1, -0.05) is 33.6 Å². The number of halogens is 2. The number of esters is 1. The average Bonchev–Trinajstić information content (AvgIpc) is 2.27. The second kappa shape index (κ2) is 6.35. The highest BCUT2D eigenvalue weighted by Gasteiger charge is 2.26. The fourth-order valence-electron chi connectivity index (χ4n) is 1.30. The van der Waals surface area contributed by atoms with Gasteiger partial charge in [-0.05, 0) is 24.6 Å². The molecule has 3 N–H and O–H groups in total. The number of benzene rings is 1. The first-order valence-corrected chi connectivity index (χ1v) is 6.19. The molecule has 94 valence electrons. The maximum absolute atomic E-state index is 11.4. The van der Waals surface area contributed by atoms with Crippen LogP contribution in [0.25, 0.3) is 0 Å². The molecule has 1 rings (SSSR count). The standard InChI is InChI=1S/C11H13BrClNO3/c1-2-17-11(16)9(14)10(15)7-4-3-6(13)5-8(7)12/h3-5,9-10,15H,2,14H2,1H3. The Bertz CT molecular complexity index is 414. The minimum Gasteiger partial charge on any atom is -0.465 e. The van der Waals surface area contributed by atoms with Crippen LogP contribution in [0.4, 0.5) is 0 Å². The summed E-state index contributed by atoms with van der Waals surface area (Å²) in [5.41, 5.74) is 6.10. The maximum Gasteiger partial charge on any atom is 0.325 e. The van der Waals surface area contributed by atoms with Crippen molar-refractivity contribution in [3.8, 4) is 0 Å². The molecule has 0 spiro atoms. The molecule has 2 atom stereocenters. The molecule has 0 saturated carbocycles. The van der Waals surface area contributed by atoms with Crippen LogP contribution in [0.2, 0.25) is 5.02 Å². The first kappa shape index (κ1) is 14.4. The molecule has 1 aromatic rings. The van der Waals surface area contributed by atoms with Gasteiger partial charge in [0.1, 0.15) is 12.1 Å². The minimum absolute atomic E-state index is 0.223. The SMILES string of the molecule is CCOC(=O)C(N)C(O)c1ccc(Cl)cc1Br. The lowest BCUT2D eigenvalue weighted by molar-refractivity contribution is -0.147. The zero-order valence-electron chi connectivity index (χ0n) is 9.19. The van der Waals surface area contributed by atoms with Crippen molar-refractivity contribution in [3.05, 3.63) is 33.3 Å². The van der Waals surface area contributed by atoms with Crippen LogP contribution in [0.15, 0.2) is 22.7 Å². The number of carbonyl (C=O) groups is 1. The molecule has 0 aliphatic heterocycles. The molecule has 0 aromatic heterocycles. The van der Waals surface area contributed by atoms with Gasteiger partial charge in [0.2, 0.25) is 0 Å². The van der Waals surface area contributed by atoms with Crippen molar-refractivity contribution in [3.63, 3.8) is 0 Å². The van der Waals surface area contributed by atoms with E-state index in [1.54, 1.807) is 25.1 Å². The summed E-state index contributed by atoms with van der Waals surface area (Å²) in [5, 5.41) is 10.5. The number of carbonyl (C=O) groups excluding carboxylic acids is 1. The third kappa shape index (κ3) is 3.67. The van der Waals surface area contributed by atoms with Gasteiger partial charge in [0.15, 0.2) is 0 Å². The first-order valence-electron chi connectivity index (χ1n) is 5.02. The van der Waals surface area contributed by atoms with E-state index in [0.29, 0.717) is 15.1 Å². The van der Waals surface area contributed by atoms with Crippen LogP contribution in [0, 0.1) is 0 Å². The molecule has 0 aliphatic rings. The van der Waals surface area contributed by atoms with Gasteiger partial charge in [0.05, 0.1) is 6.61 Å². The topological polar surface area (TPSA) is 72.5 Å². The summed E-state index contributed by atoms with van der Waals surface area (Å²) in [7, 11) is 0. The fourth-order valence-corrected chi connectivity index (χ4v) is 2.22. The summed E-state index contributed by atoms with van der Waals surface area (Å²) in [6, 6.07) is 3.73. The van der Waals surface area contributed by atoms with Crippen LogP contribution in [-0.2, 0) is 9.53 Å². The van der Waals surface area contributed by atoms with Gasteiger partial charge in [-0.25, -0.2) is 0 Å². The molecule has 17 heavy (non-hydrogen) atoms. The van der Waals surface area contributed by atoms with E-state index in [1.165, 1.54) is 0 Å². The molecule has 1 aromatic carbocycles. The Labute approximate surface area is 113 Å². The van der Waals surface area contributed by atoms with Gasteiger partial charge < -0.3 is 15.6 Å². The van der Waals surface area contributed by atoms with E-state index in [-0.39, 0.29) is 6.61 Å². The summed E-state index contributed by atoms with van der Waals surface area (Å²) in [6.45, 7) is 1.90. The quantitative estimate of drug-likeness (QED) is 0.832. The van der Waals surface area contributed by atoms with E-state index in [0.717, 1.165) is 0 Å². The van der Waals surface area contributed by atoms with Crippen LogP contribution < -0.4 is 5.73 Å². The molecule has 0 saturated heterocycles. The van der Waals surface area contributed by atoms with Crippen molar-refractivity contribution < 1.29 is 14.6 Å². The Morgan fingerprint density at radius 2 is 2.29 bits per heavy atom. The largest absolute Gasteiger partial charge is 0.465 e. The predicted octanol–water partition coefficient (Wildman–Crippen LogP) is 2.03. The second-order valence-electron chi connectivity index (χ2n) is 3.39. The van der Waals surface area contributed by atoms with Gasteiger partial charge in [0.25, 0.3) is 0 Å². The number of nitrogens with two attached hydrogens (primary N) is 1. The lowest BCUT2D eigenvalue weighted by Gasteiger charge is -2.18. The van der Waals surface area contributed by atoms with Gasteiger partial charge in [-0.15, -0.1) is 0 Å². The smallest absolute Gasteiger partial charge is 0.325 e. The number of ether oxygens (including phenoxy) is 1. The Kier molecular flexibility index (Phi) is 5.39. The Morgan fingerprint density at radius 3 is 2.82 bits per heavy atom. The van der Waals surface area contributed by atoms with E-state index < -0.39 is 18.1 Å². The molecule has 0 aliphatic carbocycles. The Balaban J connectivity index is 2.88. The van der Waals surface area contributed by atoms with Crippen molar-refractivity contribution in [2.45, 2.75) is 19.1 Å². The predicted molar refractivity (Wildman–Crippen MR) is 68.7 cm³/mol. The van der Waals surface area contributed by atoms with Crippen LogP contribution in [0.1, 0.15) is 18.6 Å². The fraction of sp³-hybridized carbons (Fsp3) is 0.364. The van der Waals surface area contributed by atoms with Gasteiger partial charge >= 0.3 is 5.97 Å². The molecule has 0 amide bonds. The molecular formula is C11H13BrClNO3. The molecule has 4 nitrogen and oxygen atoms in total. The number of hydrogen-bond acceptors (Lipinski definition) is 4. The monoisotopic (exact) mass is 321 g/mol. The lowest BCUT2D eigenvalue weighted by atomic mass is 10.0. The highest BCUT2D eigenvalue weighted by Crippen LogP contribution is 2.28.